The van der Waals surface area contributed by atoms with Gasteiger partial charge in [-0.1, -0.05) is 29.3 Å². The standard InChI is InChI=1S/C26H27ClN2O7S/c1-5-36-26(31)21-14-18(8-12-22(21)27)28-25(30)16-29(19-9-13-23(34-3)24(15-19)35-4)37(32,33)20-10-6-17(2)7-11-20/h6-15H,5,16H2,1-4H3,(H,28,30). The Balaban J connectivity index is 1.98. The topological polar surface area (TPSA) is 111 Å². The van der Waals surface area contributed by atoms with Crippen molar-refractivity contribution >= 4 is 44.9 Å². The van der Waals surface area contributed by atoms with E-state index in [2.05, 4.69) is 5.32 Å². The number of carbonyl (C=O) groups excluding carboxylic acids is 2. The van der Waals surface area contributed by atoms with Gasteiger partial charge in [0.15, 0.2) is 11.5 Å². The molecule has 3 aromatic rings. The molecule has 11 heteroatoms. The fraction of sp³-hybridized carbons (Fsp3) is 0.231. The first kappa shape index (κ1) is 27.8. The molecule has 9 nitrogen and oxygen atoms in total. The number of carbonyl (C=O) groups is 2. The van der Waals surface area contributed by atoms with Gasteiger partial charge in [0, 0.05) is 11.8 Å². The average Bonchev–Trinajstić information content (AvgIpc) is 2.88. The van der Waals surface area contributed by atoms with Crippen LogP contribution in [0.1, 0.15) is 22.8 Å². The Kier molecular flexibility index (Phi) is 9.01. The second kappa shape index (κ2) is 12.0. The fourth-order valence-corrected chi connectivity index (χ4v) is 5.04. The molecular weight excluding hydrogens is 520 g/mol. The van der Waals surface area contributed by atoms with Crippen molar-refractivity contribution in [2.75, 3.05) is 37.0 Å². The molecule has 0 aliphatic carbocycles. The van der Waals surface area contributed by atoms with Crippen molar-refractivity contribution in [1.29, 1.82) is 0 Å². The molecule has 0 atom stereocenters. The van der Waals surface area contributed by atoms with Gasteiger partial charge in [0.1, 0.15) is 6.54 Å². The molecule has 3 rings (SSSR count). The highest BCUT2D eigenvalue weighted by molar-refractivity contribution is 7.92. The molecule has 0 aromatic heterocycles. The predicted molar refractivity (Wildman–Crippen MR) is 141 cm³/mol. The van der Waals surface area contributed by atoms with E-state index in [1.807, 2.05) is 6.92 Å². The van der Waals surface area contributed by atoms with Crippen LogP contribution in [0.3, 0.4) is 0 Å². The number of amides is 1. The van der Waals surface area contributed by atoms with Crippen LogP contribution in [0.15, 0.2) is 65.6 Å². The van der Waals surface area contributed by atoms with Gasteiger partial charge in [-0.2, -0.15) is 0 Å². The number of ether oxygens (including phenoxy) is 3. The summed E-state index contributed by atoms with van der Waals surface area (Å²) in [7, 11) is -1.27. The molecule has 196 valence electrons. The van der Waals surface area contributed by atoms with Gasteiger partial charge in [0.05, 0.1) is 42.0 Å². The van der Waals surface area contributed by atoms with Gasteiger partial charge in [-0.15, -0.1) is 0 Å². The smallest absolute Gasteiger partial charge is 0.339 e. The number of hydrogen-bond acceptors (Lipinski definition) is 7. The normalized spacial score (nSPS) is 10.9. The van der Waals surface area contributed by atoms with E-state index in [1.165, 1.54) is 56.7 Å². The van der Waals surface area contributed by atoms with Gasteiger partial charge < -0.3 is 19.5 Å². The summed E-state index contributed by atoms with van der Waals surface area (Å²) >= 11 is 6.10. The number of esters is 1. The lowest BCUT2D eigenvalue weighted by Crippen LogP contribution is -2.38. The number of sulfonamides is 1. The first-order chi connectivity index (χ1) is 17.6. The summed E-state index contributed by atoms with van der Waals surface area (Å²) in [5.41, 5.74) is 1.40. The largest absolute Gasteiger partial charge is 0.493 e. The Labute approximate surface area is 221 Å². The summed E-state index contributed by atoms with van der Waals surface area (Å²) in [5.74, 6) is -0.600. The molecule has 0 aliphatic heterocycles. The molecule has 0 aliphatic rings. The van der Waals surface area contributed by atoms with E-state index in [1.54, 1.807) is 25.1 Å². The van der Waals surface area contributed by atoms with Crippen LogP contribution in [-0.4, -0.2) is 47.7 Å². The highest BCUT2D eigenvalue weighted by atomic mass is 35.5. The van der Waals surface area contributed by atoms with Crippen LogP contribution in [0.25, 0.3) is 0 Å². The van der Waals surface area contributed by atoms with Crippen LogP contribution >= 0.6 is 11.6 Å². The van der Waals surface area contributed by atoms with Gasteiger partial charge in [0.25, 0.3) is 10.0 Å². The molecule has 0 heterocycles. The minimum absolute atomic E-state index is 0.0109. The van der Waals surface area contributed by atoms with E-state index < -0.39 is 28.4 Å². The molecule has 37 heavy (non-hydrogen) atoms. The molecule has 0 radical (unpaired) electrons. The van der Waals surface area contributed by atoms with Gasteiger partial charge in [-0.25, -0.2) is 13.2 Å². The van der Waals surface area contributed by atoms with Crippen molar-refractivity contribution < 1.29 is 32.2 Å². The van der Waals surface area contributed by atoms with Crippen LogP contribution in [0, 0.1) is 6.92 Å². The number of nitrogens with zero attached hydrogens (tertiary/aromatic N) is 1. The second-order valence-corrected chi connectivity index (χ2v) is 10.1. The van der Waals surface area contributed by atoms with Gasteiger partial charge >= 0.3 is 5.97 Å². The van der Waals surface area contributed by atoms with Crippen molar-refractivity contribution in [1.82, 2.24) is 0 Å². The first-order valence-electron chi connectivity index (χ1n) is 11.2. The minimum Gasteiger partial charge on any atom is -0.493 e. The monoisotopic (exact) mass is 546 g/mol. The summed E-state index contributed by atoms with van der Waals surface area (Å²) < 4.78 is 43.8. The molecular formula is C26H27ClN2O7S. The summed E-state index contributed by atoms with van der Waals surface area (Å²) in [5, 5.41) is 2.78. The lowest BCUT2D eigenvalue weighted by Gasteiger charge is -2.25. The van der Waals surface area contributed by atoms with E-state index >= 15 is 0 Å². The minimum atomic E-state index is -4.16. The number of nitrogens with one attached hydrogen (secondary N) is 1. The molecule has 1 N–H and O–H groups in total. The lowest BCUT2D eigenvalue weighted by molar-refractivity contribution is -0.114. The van der Waals surface area contributed by atoms with Crippen LogP contribution in [0.2, 0.25) is 5.02 Å². The number of halogens is 1. The van der Waals surface area contributed by atoms with Crippen molar-refractivity contribution in [3.8, 4) is 11.5 Å². The molecule has 0 saturated heterocycles. The third-order valence-corrected chi connectivity index (χ3v) is 7.41. The van der Waals surface area contributed by atoms with Gasteiger partial charge in [-0.05, 0) is 56.3 Å². The van der Waals surface area contributed by atoms with E-state index in [0.29, 0.717) is 11.5 Å². The molecule has 0 spiro atoms. The summed E-state index contributed by atoms with van der Waals surface area (Å²) in [6, 6.07) is 15.1. The Morgan fingerprint density at radius 3 is 2.24 bits per heavy atom. The highest BCUT2D eigenvalue weighted by Crippen LogP contribution is 2.34. The fourth-order valence-electron chi connectivity index (χ4n) is 3.43. The van der Waals surface area contributed by atoms with Crippen molar-refractivity contribution in [3.63, 3.8) is 0 Å². The van der Waals surface area contributed by atoms with Crippen molar-refractivity contribution in [2.24, 2.45) is 0 Å². The zero-order valence-corrected chi connectivity index (χ0v) is 22.4. The maximum absolute atomic E-state index is 13.6. The quantitative estimate of drug-likeness (QED) is 0.368. The van der Waals surface area contributed by atoms with Gasteiger partial charge in [-0.3, -0.25) is 9.10 Å². The molecule has 0 unspecified atom stereocenters. The summed E-state index contributed by atoms with van der Waals surface area (Å²) in [4.78, 5) is 25.2. The van der Waals surface area contributed by atoms with E-state index in [9.17, 15) is 18.0 Å². The van der Waals surface area contributed by atoms with E-state index in [0.717, 1.165) is 9.87 Å². The number of anilines is 2. The second-order valence-electron chi connectivity index (χ2n) is 7.83. The van der Waals surface area contributed by atoms with Crippen LogP contribution in [0.4, 0.5) is 11.4 Å². The Hall–Kier alpha value is -3.76. The SMILES string of the molecule is CCOC(=O)c1cc(NC(=O)CN(c2ccc(OC)c(OC)c2)S(=O)(=O)c2ccc(C)cc2)ccc1Cl. The van der Waals surface area contributed by atoms with E-state index in [-0.39, 0.29) is 33.5 Å². The molecule has 1 amide bonds. The van der Waals surface area contributed by atoms with Gasteiger partial charge in [0.2, 0.25) is 5.91 Å². The zero-order chi connectivity index (χ0) is 27.2. The van der Waals surface area contributed by atoms with E-state index in [4.69, 9.17) is 25.8 Å². The third-order valence-electron chi connectivity index (χ3n) is 5.30. The Morgan fingerprint density at radius 2 is 1.62 bits per heavy atom. The first-order valence-corrected chi connectivity index (χ1v) is 13.0. The summed E-state index contributed by atoms with van der Waals surface area (Å²) in [6.07, 6.45) is 0. The average molecular weight is 547 g/mol. The Morgan fingerprint density at radius 1 is 0.946 bits per heavy atom. The Bertz CT molecular complexity index is 1390. The molecule has 3 aromatic carbocycles. The van der Waals surface area contributed by atoms with Crippen molar-refractivity contribution in [2.45, 2.75) is 18.7 Å². The number of rotatable bonds is 10. The molecule has 0 saturated carbocycles. The molecule has 0 fully saturated rings. The zero-order valence-electron chi connectivity index (χ0n) is 20.8. The van der Waals surface area contributed by atoms with Crippen molar-refractivity contribution in [3.05, 3.63) is 76.8 Å². The number of methoxy groups -OCH3 is 2. The number of hydrogen-bond donors (Lipinski definition) is 1. The lowest BCUT2D eigenvalue weighted by atomic mass is 10.2. The summed E-state index contributed by atoms with van der Waals surface area (Å²) in [6.45, 7) is 3.09. The highest BCUT2D eigenvalue weighted by Gasteiger charge is 2.28. The number of benzene rings is 3. The maximum atomic E-state index is 13.6. The number of aryl methyl sites for hydroxylation is 1. The van der Waals surface area contributed by atoms with Crippen LogP contribution in [0.5, 0.6) is 11.5 Å². The maximum Gasteiger partial charge on any atom is 0.339 e. The van der Waals surface area contributed by atoms with Crippen LogP contribution < -0.4 is 19.1 Å². The van der Waals surface area contributed by atoms with Crippen LogP contribution in [-0.2, 0) is 19.6 Å². The third kappa shape index (κ3) is 6.52. The molecule has 0 bridgehead atoms. The predicted octanol–water partition coefficient (Wildman–Crippen LogP) is 4.68.